The standard InChI is InChI=1S/C63H62N2/c1-59(2,3)32-16-19-37-38(24-32)40-27-35(62(10,11)12)29-43-52(40)51(37)44-31-46-55-50(65-48-21-18-34(61(7,8)9)26-42(48)56(53(43)44)58(46)65)23-22-49-54(55)45-30-36(63(13,14)15)28-41-39-25-33(60(4,5)6)17-20-47(39)64(49)57(41)45/h16-31,51H,1-15H3. The number of hydrogen-bond acceptors (Lipinski definition) is 0. The van der Waals surface area contributed by atoms with Crippen LogP contribution in [0.5, 0.6) is 0 Å². The minimum Gasteiger partial charge on any atom is -0.308 e. The van der Waals surface area contributed by atoms with Gasteiger partial charge in [0.1, 0.15) is 0 Å². The van der Waals surface area contributed by atoms with E-state index in [0.29, 0.717) is 0 Å². The molecule has 0 saturated carbocycles. The Labute approximate surface area is 383 Å². The van der Waals surface area contributed by atoms with Gasteiger partial charge in [-0.2, -0.15) is 0 Å². The fourth-order valence-corrected chi connectivity index (χ4v) is 12.5. The van der Waals surface area contributed by atoms with E-state index in [-0.39, 0.29) is 33.0 Å². The van der Waals surface area contributed by atoms with Crippen molar-refractivity contribution in [1.82, 2.24) is 8.80 Å². The molecule has 65 heavy (non-hydrogen) atoms. The maximum absolute atomic E-state index is 2.67. The number of rotatable bonds is 0. The molecule has 2 aliphatic rings. The fourth-order valence-electron chi connectivity index (χ4n) is 12.5. The number of nitrogens with zero attached hydrogens (tertiary/aromatic N) is 2. The Morgan fingerprint density at radius 1 is 0.323 bits per heavy atom. The highest BCUT2D eigenvalue weighted by molar-refractivity contribution is 6.37. The Hall–Kier alpha value is -5.86. The van der Waals surface area contributed by atoms with Gasteiger partial charge in [-0.15, -0.1) is 0 Å². The van der Waals surface area contributed by atoms with Crippen molar-refractivity contribution in [2.75, 3.05) is 0 Å². The molecule has 13 rings (SSSR count). The molecule has 2 heteroatoms. The van der Waals surface area contributed by atoms with E-state index >= 15 is 0 Å². The van der Waals surface area contributed by atoms with Crippen LogP contribution in [0, 0.1) is 0 Å². The summed E-state index contributed by atoms with van der Waals surface area (Å²) in [5, 5.41) is 11.0. The van der Waals surface area contributed by atoms with Crippen LogP contribution in [0.15, 0.2) is 97.1 Å². The minimum absolute atomic E-state index is 0.00663. The smallest absolute Gasteiger partial charge is 0.0627 e. The zero-order valence-corrected chi connectivity index (χ0v) is 41.2. The van der Waals surface area contributed by atoms with Crippen molar-refractivity contribution in [3.8, 4) is 22.3 Å². The van der Waals surface area contributed by atoms with Gasteiger partial charge < -0.3 is 8.80 Å². The Kier molecular flexibility index (Phi) is 7.14. The van der Waals surface area contributed by atoms with Crippen LogP contribution in [-0.4, -0.2) is 8.80 Å². The Morgan fingerprint density at radius 3 is 1.35 bits per heavy atom. The second-order valence-corrected chi connectivity index (χ2v) is 25.5. The third-order valence-corrected chi connectivity index (χ3v) is 16.1. The largest absolute Gasteiger partial charge is 0.308 e. The predicted molar refractivity (Wildman–Crippen MR) is 281 cm³/mol. The van der Waals surface area contributed by atoms with Crippen LogP contribution in [0.25, 0.3) is 98.4 Å². The predicted octanol–water partition coefficient (Wildman–Crippen LogP) is 17.6. The highest BCUT2D eigenvalue weighted by atomic mass is 14.9. The molecule has 0 fully saturated rings. The van der Waals surface area contributed by atoms with Crippen molar-refractivity contribution in [3.05, 3.63) is 142 Å². The van der Waals surface area contributed by atoms with Crippen molar-refractivity contribution >= 4 is 76.2 Å². The molecule has 0 amide bonds. The van der Waals surface area contributed by atoms with Gasteiger partial charge in [-0.25, -0.2) is 0 Å². The van der Waals surface area contributed by atoms with Gasteiger partial charge in [0, 0.05) is 49.0 Å². The van der Waals surface area contributed by atoms with E-state index < -0.39 is 0 Å². The number of aromatic nitrogens is 2. The van der Waals surface area contributed by atoms with E-state index in [1.54, 1.807) is 0 Å². The van der Waals surface area contributed by atoms with E-state index in [2.05, 4.69) is 210 Å². The molecule has 1 unspecified atom stereocenters. The highest BCUT2D eigenvalue weighted by Gasteiger charge is 2.43. The zero-order chi connectivity index (χ0) is 45.6. The van der Waals surface area contributed by atoms with Gasteiger partial charge in [0.15, 0.2) is 0 Å². The average molecular weight is 847 g/mol. The SMILES string of the molecule is CC(C)(C)c1ccc2c(c1)-c1cc(C(C)(C)C)cc3c1C2c1cc2c4c5c6cc(C(C)(C)C)cc7c8cc(C(C)(C)C)ccc8n(c5ccc4n4c5ccc(C(C)(C)C)cc5c(c1-3)c24)c76. The molecule has 11 aromatic rings. The maximum atomic E-state index is 2.67. The first kappa shape index (κ1) is 39.5. The minimum atomic E-state index is -0.0212. The van der Waals surface area contributed by atoms with Crippen LogP contribution in [0.2, 0.25) is 0 Å². The van der Waals surface area contributed by atoms with Gasteiger partial charge in [-0.1, -0.05) is 146 Å². The average Bonchev–Trinajstić information content (AvgIpc) is 4.04. The van der Waals surface area contributed by atoms with E-state index in [4.69, 9.17) is 0 Å². The van der Waals surface area contributed by atoms with Gasteiger partial charge in [0.05, 0.1) is 33.1 Å². The number of hydrogen-bond donors (Lipinski definition) is 0. The van der Waals surface area contributed by atoms with Crippen LogP contribution in [0.4, 0.5) is 0 Å². The molecule has 1 atom stereocenters. The van der Waals surface area contributed by atoms with Crippen LogP contribution in [-0.2, 0) is 27.1 Å². The molecule has 2 aliphatic carbocycles. The van der Waals surface area contributed by atoms with Gasteiger partial charge in [0.2, 0.25) is 0 Å². The summed E-state index contributed by atoms with van der Waals surface area (Å²) in [6.07, 6.45) is 0. The van der Waals surface area contributed by atoms with Crippen molar-refractivity contribution < 1.29 is 0 Å². The molecule has 4 aromatic heterocycles. The van der Waals surface area contributed by atoms with Crippen LogP contribution in [0.1, 0.15) is 154 Å². The number of benzene rings is 7. The highest BCUT2D eigenvalue weighted by Crippen LogP contribution is 2.63. The molecule has 0 bridgehead atoms. The second kappa shape index (κ2) is 11.7. The normalized spacial score (nSPS) is 15.8. The molecule has 324 valence electrons. The Balaban J connectivity index is 1.24. The molecular weight excluding hydrogens is 785 g/mol. The summed E-state index contributed by atoms with van der Waals surface area (Å²) in [6.45, 7) is 35.4. The zero-order valence-electron chi connectivity index (χ0n) is 41.2. The molecule has 2 nitrogen and oxygen atoms in total. The molecule has 7 aromatic carbocycles. The first-order valence-electron chi connectivity index (χ1n) is 24.2. The van der Waals surface area contributed by atoms with Crippen molar-refractivity contribution in [1.29, 1.82) is 0 Å². The first-order valence-corrected chi connectivity index (χ1v) is 24.2. The van der Waals surface area contributed by atoms with E-state index in [1.165, 1.54) is 143 Å². The van der Waals surface area contributed by atoms with Crippen molar-refractivity contribution in [2.45, 2.75) is 137 Å². The monoisotopic (exact) mass is 846 g/mol. The summed E-state index contributed by atoms with van der Waals surface area (Å²) in [6, 6.07) is 39.9. The molecule has 0 radical (unpaired) electrons. The Bertz CT molecular complexity index is 3930. The third-order valence-electron chi connectivity index (χ3n) is 16.1. The molecular formula is C63H62N2. The third kappa shape index (κ3) is 4.96. The summed E-state index contributed by atoms with van der Waals surface area (Å²) in [5.74, 6) is 0.185. The molecule has 0 N–H and O–H groups in total. The molecule has 4 heterocycles. The van der Waals surface area contributed by atoms with Crippen LogP contribution in [0.3, 0.4) is 0 Å². The molecule has 0 saturated heterocycles. The summed E-state index contributed by atoms with van der Waals surface area (Å²) in [5.41, 5.74) is 25.2. The van der Waals surface area contributed by atoms with Crippen molar-refractivity contribution in [2.24, 2.45) is 0 Å². The summed E-state index contributed by atoms with van der Waals surface area (Å²) >= 11 is 0. The van der Waals surface area contributed by atoms with E-state index in [9.17, 15) is 0 Å². The van der Waals surface area contributed by atoms with Gasteiger partial charge in [-0.3, -0.25) is 0 Å². The second-order valence-electron chi connectivity index (χ2n) is 25.5. The summed E-state index contributed by atoms with van der Waals surface area (Å²) in [4.78, 5) is 0. The Morgan fingerprint density at radius 2 is 0.754 bits per heavy atom. The maximum Gasteiger partial charge on any atom is 0.0627 e. The lowest BCUT2D eigenvalue weighted by atomic mass is 9.81. The van der Waals surface area contributed by atoms with Crippen LogP contribution < -0.4 is 0 Å². The first-order chi connectivity index (χ1) is 30.4. The van der Waals surface area contributed by atoms with Crippen molar-refractivity contribution in [3.63, 3.8) is 0 Å². The summed E-state index contributed by atoms with van der Waals surface area (Å²) in [7, 11) is 0. The van der Waals surface area contributed by atoms with Gasteiger partial charge in [0.25, 0.3) is 0 Å². The van der Waals surface area contributed by atoms with Crippen LogP contribution >= 0.6 is 0 Å². The fraction of sp³-hybridized carbons (Fsp3) is 0.333. The lowest BCUT2D eigenvalue weighted by Crippen LogP contribution is -2.12. The van der Waals surface area contributed by atoms with E-state index in [0.717, 1.165) is 0 Å². The van der Waals surface area contributed by atoms with Gasteiger partial charge >= 0.3 is 0 Å². The van der Waals surface area contributed by atoms with E-state index in [1.807, 2.05) is 0 Å². The quantitative estimate of drug-likeness (QED) is 0.144. The topological polar surface area (TPSA) is 8.82 Å². The summed E-state index contributed by atoms with van der Waals surface area (Å²) < 4.78 is 5.27. The molecule has 0 spiro atoms. The van der Waals surface area contributed by atoms with Gasteiger partial charge in [-0.05, 0) is 148 Å². The lowest BCUT2D eigenvalue weighted by molar-refractivity contribution is 0.589. The lowest BCUT2D eigenvalue weighted by Gasteiger charge is -2.23. The number of fused-ring (bicyclic) bond motifs is 20. The molecule has 0 aliphatic heterocycles.